The molecule has 2 aliphatic rings. The quantitative estimate of drug-likeness (QED) is 0.771. The van der Waals surface area contributed by atoms with E-state index in [-0.39, 0.29) is 12.1 Å². The van der Waals surface area contributed by atoms with Crippen LogP contribution in [0.3, 0.4) is 0 Å². The molecule has 2 unspecified atom stereocenters. The molecular weight excluding hydrogens is 312 g/mol. The summed E-state index contributed by atoms with van der Waals surface area (Å²) in [6, 6.07) is 16.6. The normalized spacial score (nSPS) is 22.1. The Balaban J connectivity index is 1.70. The zero-order valence-electron chi connectivity index (χ0n) is 14.2. The van der Waals surface area contributed by atoms with Crippen LogP contribution in [0.2, 0.25) is 0 Å². The molecule has 1 saturated heterocycles. The Morgan fingerprint density at radius 2 is 1.96 bits per heavy atom. The van der Waals surface area contributed by atoms with Crippen molar-refractivity contribution < 1.29 is 9.53 Å². The Labute approximate surface area is 146 Å². The number of methoxy groups -OCH3 is 1. The van der Waals surface area contributed by atoms with Gasteiger partial charge in [-0.1, -0.05) is 18.2 Å². The predicted molar refractivity (Wildman–Crippen MR) is 98.2 cm³/mol. The van der Waals surface area contributed by atoms with Gasteiger partial charge in [-0.2, -0.15) is 0 Å². The number of aromatic nitrogens is 1. The van der Waals surface area contributed by atoms with Crippen LogP contribution >= 0.6 is 0 Å². The minimum atomic E-state index is -0.0705. The molecule has 0 aliphatic carbocycles. The van der Waals surface area contributed by atoms with E-state index in [1.165, 1.54) is 16.6 Å². The van der Waals surface area contributed by atoms with Crippen LogP contribution in [0.5, 0.6) is 5.75 Å². The van der Waals surface area contributed by atoms with E-state index in [0.717, 1.165) is 29.8 Å². The molecule has 25 heavy (non-hydrogen) atoms. The summed E-state index contributed by atoms with van der Waals surface area (Å²) in [5.41, 5.74) is 4.80. The maximum absolute atomic E-state index is 12.7. The molecule has 2 bridgehead atoms. The zero-order valence-corrected chi connectivity index (χ0v) is 14.2. The van der Waals surface area contributed by atoms with Crippen molar-refractivity contribution in [3.63, 3.8) is 0 Å². The number of para-hydroxylation sites is 1. The van der Waals surface area contributed by atoms with Gasteiger partial charge in [-0.05, 0) is 42.3 Å². The number of nitrogens with zero attached hydrogens (tertiary/aromatic N) is 1. The third-order valence-electron chi connectivity index (χ3n) is 5.64. The highest BCUT2D eigenvalue weighted by Gasteiger charge is 2.43. The lowest BCUT2D eigenvalue weighted by molar-refractivity contribution is -0.122. The molecule has 4 heteroatoms. The molecule has 5 rings (SSSR count). The topological polar surface area (TPSA) is 45.3 Å². The third-order valence-corrected chi connectivity index (χ3v) is 5.64. The molecule has 0 saturated carbocycles. The maximum atomic E-state index is 12.7. The SMILES string of the molecule is COc1ccc2[nH]c3c(c2c1)CC1C(=O)CCC3N1c1ccccc1. The van der Waals surface area contributed by atoms with Crippen molar-refractivity contribution in [1.82, 2.24) is 4.98 Å². The van der Waals surface area contributed by atoms with Crippen LogP contribution in [-0.4, -0.2) is 23.9 Å². The van der Waals surface area contributed by atoms with Crippen LogP contribution in [0.4, 0.5) is 5.69 Å². The van der Waals surface area contributed by atoms with Gasteiger partial charge >= 0.3 is 0 Å². The highest BCUT2D eigenvalue weighted by Crippen LogP contribution is 2.45. The van der Waals surface area contributed by atoms with E-state index in [2.05, 4.69) is 34.1 Å². The molecule has 2 atom stereocenters. The lowest BCUT2D eigenvalue weighted by Crippen LogP contribution is -2.52. The van der Waals surface area contributed by atoms with E-state index in [4.69, 9.17) is 4.74 Å². The summed E-state index contributed by atoms with van der Waals surface area (Å²) < 4.78 is 5.40. The molecule has 1 aromatic heterocycles. The summed E-state index contributed by atoms with van der Waals surface area (Å²) in [6.45, 7) is 0. The number of carbonyl (C=O) groups is 1. The molecule has 3 heterocycles. The average molecular weight is 332 g/mol. The number of fused-ring (bicyclic) bond motifs is 6. The number of hydrogen-bond acceptors (Lipinski definition) is 3. The number of hydrogen-bond donors (Lipinski definition) is 1. The second-order valence-electron chi connectivity index (χ2n) is 6.91. The van der Waals surface area contributed by atoms with Gasteiger partial charge in [0.15, 0.2) is 5.78 Å². The Morgan fingerprint density at radius 1 is 1.12 bits per heavy atom. The van der Waals surface area contributed by atoms with Crippen molar-refractivity contribution in [2.45, 2.75) is 31.3 Å². The first kappa shape index (κ1) is 14.6. The predicted octanol–water partition coefficient (Wildman–Crippen LogP) is 4.01. The van der Waals surface area contributed by atoms with Crippen LogP contribution in [0.25, 0.3) is 10.9 Å². The summed E-state index contributed by atoms with van der Waals surface area (Å²) in [5.74, 6) is 1.21. The molecule has 2 aromatic carbocycles. The Hall–Kier alpha value is -2.75. The lowest BCUT2D eigenvalue weighted by Gasteiger charge is -2.46. The Morgan fingerprint density at radius 3 is 2.76 bits per heavy atom. The first-order chi connectivity index (χ1) is 12.3. The average Bonchev–Trinajstić information content (AvgIpc) is 3.02. The van der Waals surface area contributed by atoms with Gasteiger partial charge in [0.2, 0.25) is 0 Å². The summed E-state index contributed by atoms with van der Waals surface area (Å²) in [7, 11) is 1.69. The number of ketones is 1. The molecule has 126 valence electrons. The molecule has 3 aromatic rings. The number of benzene rings is 2. The molecular formula is C21H20N2O2. The van der Waals surface area contributed by atoms with Crippen molar-refractivity contribution in [2.24, 2.45) is 0 Å². The molecule has 0 radical (unpaired) electrons. The van der Waals surface area contributed by atoms with Crippen molar-refractivity contribution >= 4 is 22.4 Å². The summed E-state index contributed by atoms with van der Waals surface area (Å²) in [5, 5.41) is 1.19. The first-order valence-electron chi connectivity index (χ1n) is 8.81. The largest absolute Gasteiger partial charge is 0.497 e. The molecule has 0 spiro atoms. The van der Waals surface area contributed by atoms with Crippen molar-refractivity contribution in [3.05, 3.63) is 59.8 Å². The van der Waals surface area contributed by atoms with Gasteiger partial charge in [0.1, 0.15) is 5.75 Å². The number of rotatable bonds is 2. The lowest BCUT2D eigenvalue weighted by atomic mass is 9.81. The molecule has 4 nitrogen and oxygen atoms in total. The fourth-order valence-corrected chi connectivity index (χ4v) is 4.48. The molecule has 1 fully saturated rings. The van der Waals surface area contributed by atoms with E-state index in [1.807, 2.05) is 24.3 Å². The second kappa shape index (κ2) is 5.38. The highest BCUT2D eigenvalue weighted by molar-refractivity contribution is 5.93. The summed E-state index contributed by atoms with van der Waals surface area (Å²) in [4.78, 5) is 18.7. The van der Waals surface area contributed by atoms with E-state index in [1.54, 1.807) is 7.11 Å². The second-order valence-corrected chi connectivity index (χ2v) is 6.91. The number of piperidine rings is 1. The Kier molecular flexibility index (Phi) is 3.14. The van der Waals surface area contributed by atoms with Gasteiger partial charge in [0.25, 0.3) is 0 Å². The summed E-state index contributed by atoms with van der Waals surface area (Å²) >= 11 is 0. The monoisotopic (exact) mass is 332 g/mol. The van der Waals surface area contributed by atoms with Crippen molar-refractivity contribution in [1.29, 1.82) is 0 Å². The van der Waals surface area contributed by atoms with Gasteiger partial charge in [-0.15, -0.1) is 0 Å². The minimum absolute atomic E-state index is 0.0705. The van der Waals surface area contributed by atoms with Crippen LogP contribution in [-0.2, 0) is 11.2 Å². The molecule has 0 amide bonds. The summed E-state index contributed by atoms with van der Waals surface area (Å²) in [6.07, 6.45) is 2.28. The van der Waals surface area contributed by atoms with E-state index in [0.29, 0.717) is 12.2 Å². The van der Waals surface area contributed by atoms with Gasteiger partial charge in [-0.3, -0.25) is 4.79 Å². The number of H-pyrrole nitrogens is 1. The van der Waals surface area contributed by atoms with Gasteiger partial charge in [-0.25, -0.2) is 0 Å². The molecule has 2 aliphatic heterocycles. The van der Waals surface area contributed by atoms with E-state index < -0.39 is 0 Å². The zero-order chi connectivity index (χ0) is 17.0. The third kappa shape index (κ3) is 2.10. The van der Waals surface area contributed by atoms with Crippen molar-refractivity contribution in [2.75, 3.05) is 12.0 Å². The first-order valence-corrected chi connectivity index (χ1v) is 8.81. The fraction of sp³-hybridized carbons (Fsp3) is 0.286. The minimum Gasteiger partial charge on any atom is -0.497 e. The standard InChI is InChI=1S/C21H20N2O2/c1-25-14-7-8-17-15(11-14)16-12-19-20(24)10-9-18(21(16)22-17)23(19)13-5-3-2-4-6-13/h2-8,11,18-19,22H,9-10,12H2,1H3. The van der Waals surface area contributed by atoms with Crippen LogP contribution in [0.1, 0.15) is 30.1 Å². The molecule has 1 N–H and O–H groups in total. The van der Waals surface area contributed by atoms with E-state index >= 15 is 0 Å². The number of carbonyl (C=O) groups excluding carboxylic acids is 1. The smallest absolute Gasteiger partial charge is 0.155 e. The van der Waals surface area contributed by atoms with Gasteiger partial charge in [0, 0.05) is 35.1 Å². The van der Waals surface area contributed by atoms with E-state index in [9.17, 15) is 4.79 Å². The Bertz CT molecular complexity index is 961. The number of aromatic amines is 1. The number of Topliss-reactive ketones (excluding diaryl/α,β-unsaturated/α-hetero) is 1. The number of nitrogens with one attached hydrogen (secondary N) is 1. The van der Waals surface area contributed by atoms with Crippen molar-refractivity contribution in [3.8, 4) is 5.75 Å². The van der Waals surface area contributed by atoms with Crippen LogP contribution < -0.4 is 9.64 Å². The highest BCUT2D eigenvalue weighted by atomic mass is 16.5. The number of ether oxygens (including phenoxy) is 1. The fourth-order valence-electron chi connectivity index (χ4n) is 4.48. The maximum Gasteiger partial charge on any atom is 0.155 e. The van der Waals surface area contributed by atoms with Gasteiger partial charge < -0.3 is 14.6 Å². The van der Waals surface area contributed by atoms with Crippen LogP contribution in [0, 0.1) is 0 Å². The number of anilines is 1. The van der Waals surface area contributed by atoms with Crippen LogP contribution in [0.15, 0.2) is 48.5 Å². The van der Waals surface area contributed by atoms with Gasteiger partial charge in [0.05, 0.1) is 19.2 Å².